The maximum Gasteiger partial charge on any atom is 0.162 e. The first-order valence-corrected chi connectivity index (χ1v) is 8.54. The van der Waals surface area contributed by atoms with Crippen LogP contribution in [0, 0.1) is 0 Å². The number of nitrogens with zero attached hydrogens (tertiary/aromatic N) is 5. The highest BCUT2D eigenvalue weighted by Gasteiger charge is 2.19. The van der Waals surface area contributed by atoms with E-state index in [0.717, 1.165) is 41.6 Å². The van der Waals surface area contributed by atoms with Crippen LogP contribution in [0.3, 0.4) is 0 Å². The minimum absolute atomic E-state index is 0.697. The second kappa shape index (κ2) is 6.31. The lowest BCUT2D eigenvalue weighted by Crippen LogP contribution is -2.30. The summed E-state index contributed by atoms with van der Waals surface area (Å²) in [6, 6.07) is 4.05. The molecule has 23 heavy (non-hydrogen) atoms. The van der Waals surface area contributed by atoms with Gasteiger partial charge in [-0.1, -0.05) is 11.6 Å². The third-order valence-electron chi connectivity index (χ3n) is 3.84. The van der Waals surface area contributed by atoms with Gasteiger partial charge >= 0.3 is 0 Å². The fraction of sp³-hybridized carbons (Fsp3) is 0.250. The van der Waals surface area contributed by atoms with Crippen LogP contribution in [0.15, 0.2) is 37.1 Å². The third-order valence-corrected chi connectivity index (χ3v) is 5.06. The van der Waals surface area contributed by atoms with Gasteiger partial charge in [-0.2, -0.15) is 0 Å². The number of fused-ring (bicyclic) bond motifs is 1. The number of halogens is 1. The predicted molar refractivity (Wildman–Crippen MR) is 90.2 cm³/mol. The Kier molecular flexibility index (Phi) is 4.03. The van der Waals surface area contributed by atoms with Crippen LogP contribution in [-0.2, 0) is 19.5 Å². The molecule has 4 rings (SSSR count). The molecule has 3 aromatic rings. The summed E-state index contributed by atoms with van der Waals surface area (Å²) < 4.78 is 0.843. The van der Waals surface area contributed by atoms with Crippen molar-refractivity contribution >= 4 is 22.9 Å². The van der Waals surface area contributed by atoms with Gasteiger partial charge in [0.05, 0.1) is 15.6 Å². The molecule has 0 saturated carbocycles. The molecule has 0 aliphatic carbocycles. The highest BCUT2D eigenvalue weighted by Crippen LogP contribution is 2.25. The zero-order chi connectivity index (χ0) is 15.6. The van der Waals surface area contributed by atoms with E-state index in [2.05, 4.69) is 25.9 Å². The van der Waals surface area contributed by atoms with E-state index in [4.69, 9.17) is 16.6 Å². The van der Waals surface area contributed by atoms with Crippen molar-refractivity contribution in [3.05, 3.63) is 57.5 Å². The monoisotopic (exact) mass is 343 g/mol. The van der Waals surface area contributed by atoms with Crippen LogP contribution in [0.2, 0.25) is 4.34 Å². The molecule has 3 aromatic heterocycles. The molecule has 0 radical (unpaired) electrons. The van der Waals surface area contributed by atoms with E-state index in [-0.39, 0.29) is 0 Å². The summed E-state index contributed by atoms with van der Waals surface area (Å²) in [5, 5.41) is 0. The fourth-order valence-corrected chi connectivity index (χ4v) is 3.85. The summed E-state index contributed by atoms with van der Waals surface area (Å²) in [7, 11) is 0. The first kappa shape index (κ1) is 14.7. The summed E-state index contributed by atoms with van der Waals surface area (Å²) in [4.78, 5) is 20.9. The zero-order valence-corrected chi connectivity index (χ0v) is 13.9. The van der Waals surface area contributed by atoms with Gasteiger partial charge in [-0.3, -0.25) is 4.90 Å². The van der Waals surface area contributed by atoms with E-state index in [1.807, 2.05) is 12.3 Å². The van der Waals surface area contributed by atoms with Crippen LogP contribution in [0.25, 0.3) is 11.4 Å². The van der Waals surface area contributed by atoms with Crippen molar-refractivity contribution < 1.29 is 0 Å². The normalized spacial score (nSPS) is 14.7. The van der Waals surface area contributed by atoms with Crippen molar-refractivity contribution in [2.75, 3.05) is 6.54 Å². The number of aromatic nitrogens is 4. The molecule has 0 spiro atoms. The molecule has 1 aliphatic heterocycles. The molecule has 0 bridgehead atoms. The quantitative estimate of drug-likeness (QED) is 0.731. The standard InChI is InChI=1S/C16H14ClN5S/c17-15-2-1-13(23-15)9-22-4-3-14-12(8-22)7-20-16(21-14)11-5-18-10-19-6-11/h1-2,5-7,10H,3-4,8-9H2. The Morgan fingerprint density at radius 1 is 1.17 bits per heavy atom. The van der Waals surface area contributed by atoms with Gasteiger partial charge in [0.25, 0.3) is 0 Å². The second-order valence-electron chi connectivity index (χ2n) is 5.46. The molecular formula is C16H14ClN5S. The van der Waals surface area contributed by atoms with Crippen molar-refractivity contribution in [2.45, 2.75) is 19.5 Å². The van der Waals surface area contributed by atoms with Crippen molar-refractivity contribution in [3.63, 3.8) is 0 Å². The van der Waals surface area contributed by atoms with Gasteiger partial charge in [0.15, 0.2) is 5.82 Å². The Labute approximate surface area is 143 Å². The number of rotatable bonds is 3. The highest BCUT2D eigenvalue weighted by atomic mass is 35.5. The molecule has 0 atom stereocenters. The smallest absolute Gasteiger partial charge is 0.162 e. The summed E-state index contributed by atoms with van der Waals surface area (Å²) in [5.41, 5.74) is 3.17. The Bertz CT molecular complexity index is 820. The summed E-state index contributed by atoms with van der Waals surface area (Å²) in [6.07, 6.45) is 7.85. The van der Waals surface area contributed by atoms with Crippen LogP contribution in [0.5, 0.6) is 0 Å². The van der Waals surface area contributed by atoms with Crippen molar-refractivity contribution in [1.29, 1.82) is 0 Å². The molecule has 0 unspecified atom stereocenters. The first-order chi connectivity index (χ1) is 11.3. The maximum atomic E-state index is 6.00. The van der Waals surface area contributed by atoms with Gasteiger partial charge in [0.2, 0.25) is 0 Å². The van der Waals surface area contributed by atoms with Gasteiger partial charge in [-0.15, -0.1) is 11.3 Å². The van der Waals surface area contributed by atoms with Gasteiger partial charge in [0, 0.05) is 55.1 Å². The van der Waals surface area contributed by atoms with Gasteiger partial charge in [-0.25, -0.2) is 19.9 Å². The maximum absolute atomic E-state index is 6.00. The van der Waals surface area contributed by atoms with E-state index in [9.17, 15) is 0 Å². The van der Waals surface area contributed by atoms with Crippen LogP contribution in [0.4, 0.5) is 0 Å². The average Bonchev–Trinajstić information content (AvgIpc) is 3.00. The highest BCUT2D eigenvalue weighted by molar-refractivity contribution is 7.16. The lowest BCUT2D eigenvalue weighted by Gasteiger charge is -2.27. The van der Waals surface area contributed by atoms with Crippen LogP contribution < -0.4 is 0 Å². The molecule has 0 aromatic carbocycles. The minimum Gasteiger partial charge on any atom is -0.293 e. The molecule has 7 heteroatoms. The summed E-state index contributed by atoms with van der Waals surface area (Å²) in [6.45, 7) is 2.78. The van der Waals surface area contributed by atoms with Crippen molar-refractivity contribution in [2.24, 2.45) is 0 Å². The van der Waals surface area contributed by atoms with E-state index >= 15 is 0 Å². The SMILES string of the molecule is Clc1ccc(CN2CCc3nc(-c4cncnc4)ncc3C2)s1. The molecule has 5 nitrogen and oxygen atoms in total. The van der Waals surface area contributed by atoms with Crippen molar-refractivity contribution in [3.8, 4) is 11.4 Å². The molecular weight excluding hydrogens is 330 g/mol. The van der Waals surface area contributed by atoms with Gasteiger partial charge in [0.1, 0.15) is 6.33 Å². The molecule has 0 fully saturated rings. The average molecular weight is 344 g/mol. The van der Waals surface area contributed by atoms with E-state index in [1.54, 1.807) is 23.7 Å². The number of hydrogen-bond donors (Lipinski definition) is 0. The fourth-order valence-electron chi connectivity index (χ4n) is 2.72. The van der Waals surface area contributed by atoms with Crippen LogP contribution >= 0.6 is 22.9 Å². The molecule has 0 N–H and O–H groups in total. The largest absolute Gasteiger partial charge is 0.293 e. The molecule has 116 valence electrons. The van der Waals surface area contributed by atoms with E-state index in [1.165, 1.54) is 16.8 Å². The Morgan fingerprint density at radius 2 is 2.04 bits per heavy atom. The zero-order valence-electron chi connectivity index (χ0n) is 12.3. The lowest BCUT2D eigenvalue weighted by molar-refractivity contribution is 0.245. The van der Waals surface area contributed by atoms with Gasteiger partial charge in [-0.05, 0) is 12.1 Å². The first-order valence-electron chi connectivity index (χ1n) is 7.35. The third kappa shape index (κ3) is 3.24. The predicted octanol–water partition coefficient (Wildman–Crippen LogP) is 3.21. The minimum atomic E-state index is 0.697. The summed E-state index contributed by atoms with van der Waals surface area (Å²) in [5.74, 6) is 0.697. The Balaban J connectivity index is 1.52. The molecule has 0 amide bonds. The number of hydrogen-bond acceptors (Lipinski definition) is 6. The van der Waals surface area contributed by atoms with Crippen LogP contribution in [0.1, 0.15) is 16.1 Å². The molecule has 1 aliphatic rings. The second-order valence-corrected chi connectivity index (χ2v) is 7.26. The topological polar surface area (TPSA) is 54.8 Å². The summed E-state index contributed by atoms with van der Waals surface area (Å²) >= 11 is 7.65. The van der Waals surface area contributed by atoms with Crippen LogP contribution in [-0.4, -0.2) is 31.4 Å². The lowest BCUT2D eigenvalue weighted by atomic mass is 10.1. The Morgan fingerprint density at radius 3 is 2.83 bits per heavy atom. The number of thiophene rings is 1. The van der Waals surface area contributed by atoms with Crippen molar-refractivity contribution in [1.82, 2.24) is 24.8 Å². The van der Waals surface area contributed by atoms with E-state index < -0.39 is 0 Å². The van der Waals surface area contributed by atoms with E-state index in [0.29, 0.717) is 5.82 Å². The van der Waals surface area contributed by atoms with Gasteiger partial charge < -0.3 is 0 Å². The molecule has 4 heterocycles. The Hall–Kier alpha value is -1.89. The molecule has 0 saturated heterocycles.